The first-order valence-corrected chi connectivity index (χ1v) is 5.12. The third-order valence-electron chi connectivity index (χ3n) is 2.25. The molecule has 0 saturated carbocycles. The van der Waals surface area contributed by atoms with E-state index in [1.54, 1.807) is 24.3 Å². The second kappa shape index (κ2) is 4.80. The highest BCUT2D eigenvalue weighted by Crippen LogP contribution is 2.23. The van der Waals surface area contributed by atoms with Crippen molar-refractivity contribution in [3.05, 3.63) is 36.4 Å². The van der Waals surface area contributed by atoms with Gasteiger partial charge in [-0.15, -0.1) is 0 Å². The minimum atomic E-state index is -0.366. The number of carbonyl (C=O) groups excluding carboxylic acids is 2. The Morgan fingerprint density at radius 2 is 1.88 bits per heavy atom. The average molecular weight is 233 g/mol. The summed E-state index contributed by atoms with van der Waals surface area (Å²) < 4.78 is 5.21. The molecule has 1 aliphatic heterocycles. The Labute approximate surface area is 97.9 Å². The average Bonchev–Trinajstić information content (AvgIpc) is 2.67. The van der Waals surface area contributed by atoms with Crippen molar-refractivity contribution in [1.82, 2.24) is 0 Å². The lowest BCUT2D eigenvalue weighted by molar-refractivity contribution is -0.119. The number of rotatable bonds is 4. The molecule has 2 amide bonds. The van der Waals surface area contributed by atoms with Gasteiger partial charge in [-0.05, 0) is 12.1 Å². The monoisotopic (exact) mass is 233 g/mol. The number of aliphatic hydroxyl groups excluding tert-OH is 1. The number of hydrogen-bond acceptors (Lipinski definition) is 4. The van der Waals surface area contributed by atoms with Gasteiger partial charge >= 0.3 is 0 Å². The molecule has 0 unspecified atom stereocenters. The van der Waals surface area contributed by atoms with Crippen LogP contribution in [0.2, 0.25) is 0 Å². The van der Waals surface area contributed by atoms with E-state index in [1.807, 2.05) is 0 Å². The molecular weight excluding hydrogens is 222 g/mol. The summed E-state index contributed by atoms with van der Waals surface area (Å²) in [5.74, 6) is -0.229. The minimum Gasteiger partial charge on any atom is -0.491 e. The van der Waals surface area contributed by atoms with E-state index in [-0.39, 0.29) is 25.0 Å². The number of ether oxygens (including phenoxy) is 1. The molecule has 17 heavy (non-hydrogen) atoms. The molecule has 1 N–H and O–H groups in total. The first-order valence-electron chi connectivity index (χ1n) is 5.12. The molecule has 1 aromatic carbocycles. The van der Waals surface area contributed by atoms with Gasteiger partial charge in [0.1, 0.15) is 12.4 Å². The van der Waals surface area contributed by atoms with Crippen LogP contribution in [0.3, 0.4) is 0 Å². The van der Waals surface area contributed by atoms with Crippen LogP contribution >= 0.6 is 0 Å². The molecule has 5 nitrogen and oxygen atoms in total. The first-order chi connectivity index (χ1) is 8.22. The molecule has 1 heterocycles. The van der Waals surface area contributed by atoms with Gasteiger partial charge < -0.3 is 9.84 Å². The van der Waals surface area contributed by atoms with Gasteiger partial charge in [0.2, 0.25) is 0 Å². The number of carbonyl (C=O) groups is 2. The predicted molar refractivity (Wildman–Crippen MR) is 60.7 cm³/mol. The number of amides is 2. The second-order valence-electron chi connectivity index (χ2n) is 3.41. The van der Waals surface area contributed by atoms with Crippen molar-refractivity contribution in [2.45, 2.75) is 0 Å². The summed E-state index contributed by atoms with van der Waals surface area (Å²) in [6.07, 6.45) is 2.45. The van der Waals surface area contributed by atoms with Crippen LogP contribution in [0.15, 0.2) is 36.4 Å². The van der Waals surface area contributed by atoms with Crippen molar-refractivity contribution in [3.63, 3.8) is 0 Å². The standard InChI is InChI=1S/C12H11NO4/c14-6-7-17-10-3-1-2-9(8-10)13-11(15)4-5-12(13)16/h1-5,8,14H,6-7H2. The number of nitrogens with zero attached hydrogens (tertiary/aromatic N) is 1. The Kier molecular flexibility index (Phi) is 3.20. The van der Waals surface area contributed by atoms with Gasteiger partial charge in [0.05, 0.1) is 12.3 Å². The van der Waals surface area contributed by atoms with Crippen LogP contribution in [0.25, 0.3) is 0 Å². The maximum Gasteiger partial charge on any atom is 0.258 e. The van der Waals surface area contributed by atoms with Gasteiger partial charge in [-0.25, -0.2) is 4.90 Å². The normalized spacial score (nSPS) is 14.5. The van der Waals surface area contributed by atoms with E-state index in [0.717, 1.165) is 4.90 Å². The molecule has 0 aliphatic carbocycles. The van der Waals surface area contributed by atoms with Crippen LogP contribution < -0.4 is 9.64 Å². The summed E-state index contributed by atoms with van der Waals surface area (Å²) in [4.78, 5) is 24.0. The van der Waals surface area contributed by atoms with Gasteiger partial charge in [0.25, 0.3) is 11.8 Å². The van der Waals surface area contributed by atoms with Crippen LogP contribution in [0.4, 0.5) is 5.69 Å². The van der Waals surface area contributed by atoms with Gasteiger partial charge in [0.15, 0.2) is 0 Å². The molecule has 0 bridgehead atoms. The van der Waals surface area contributed by atoms with Crippen molar-refractivity contribution >= 4 is 17.5 Å². The third-order valence-corrected chi connectivity index (χ3v) is 2.25. The van der Waals surface area contributed by atoms with E-state index in [9.17, 15) is 9.59 Å². The number of imide groups is 1. The van der Waals surface area contributed by atoms with Crippen LogP contribution in [0.5, 0.6) is 5.75 Å². The Bertz CT molecular complexity index is 463. The van der Waals surface area contributed by atoms with Gasteiger partial charge in [-0.3, -0.25) is 9.59 Å². The molecule has 1 aromatic rings. The number of anilines is 1. The molecule has 0 fully saturated rings. The molecule has 0 atom stereocenters. The molecule has 0 aromatic heterocycles. The first kappa shape index (κ1) is 11.3. The summed E-state index contributed by atoms with van der Waals surface area (Å²) in [5, 5.41) is 8.64. The van der Waals surface area contributed by atoms with Crippen molar-refractivity contribution in [1.29, 1.82) is 0 Å². The van der Waals surface area contributed by atoms with Crippen LogP contribution in [-0.2, 0) is 9.59 Å². The summed E-state index contributed by atoms with van der Waals surface area (Å²) in [5.41, 5.74) is 0.459. The Hall–Kier alpha value is -2.14. The third kappa shape index (κ3) is 2.34. The summed E-state index contributed by atoms with van der Waals surface area (Å²) in [6, 6.07) is 6.60. The van der Waals surface area contributed by atoms with Crippen molar-refractivity contribution in [3.8, 4) is 5.75 Å². The lowest BCUT2D eigenvalue weighted by Gasteiger charge is -2.14. The lowest BCUT2D eigenvalue weighted by Crippen LogP contribution is -2.29. The summed E-state index contributed by atoms with van der Waals surface area (Å²) in [6.45, 7) is 0.0803. The molecular formula is C12H11NO4. The van der Waals surface area contributed by atoms with Crippen LogP contribution in [0, 0.1) is 0 Å². The van der Waals surface area contributed by atoms with E-state index >= 15 is 0 Å². The topological polar surface area (TPSA) is 66.8 Å². The Morgan fingerprint density at radius 1 is 1.18 bits per heavy atom. The molecule has 5 heteroatoms. The van der Waals surface area contributed by atoms with Gasteiger partial charge in [-0.1, -0.05) is 6.07 Å². The lowest BCUT2D eigenvalue weighted by atomic mass is 10.2. The van der Waals surface area contributed by atoms with E-state index in [4.69, 9.17) is 9.84 Å². The van der Waals surface area contributed by atoms with Crippen LogP contribution in [0.1, 0.15) is 0 Å². The number of aliphatic hydroxyl groups is 1. The van der Waals surface area contributed by atoms with E-state index in [2.05, 4.69) is 0 Å². The Balaban J connectivity index is 2.21. The van der Waals surface area contributed by atoms with Gasteiger partial charge in [0, 0.05) is 18.2 Å². The predicted octanol–water partition coefficient (Wildman–Crippen LogP) is 0.487. The van der Waals surface area contributed by atoms with E-state index < -0.39 is 0 Å². The molecule has 0 radical (unpaired) electrons. The summed E-state index contributed by atoms with van der Waals surface area (Å²) in [7, 11) is 0. The summed E-state index contributed by atoms with van der Waals surface area (Å²) >= 11 is 0. The zero-order valence-electron chi connectivity index (χ0n) is 9.00. The molecule has 88 valence electrons. The number of hydrogen-bond donors (Lipinski definition) is 1. The largest absolute Gasteiger partial charge is 0.491 e. The van der Waals surface area contributed by atoms with E-state index in [0.29, 0.717) is 11.4 Å². The molecule has 1 aliphatic rings. The zero-order valence-corrected chi connectivity index (χ0v) is 9.00. The highest BCUT2D eigenvalue weighted by Gasteiger charge is 2.25. The highest BCUT2D eigenvalue weighted by molar-refractivity contribution is 6.28. The molecule has 0 spiro atoms. The fourth-order valence-corrected chi connectivity index (χ4v) is 1.53. The minimum absolute atomic E-state index is 0.0899. The Morgan fingerprint density at radius 3 is 2.53 bits per heavy atom. The van der Waals surface area contributed by atoms with Crippen molar-refractivity contribution < 1.29 is 19.4 Å². The molecule has 2 rings (SSSR count). The zero-order chi connectivity index (χ0) is 12.3. The fourth-order valence-electron chi connectivity index (χ4n) is 1.53. The number of benzene rings is 1. The van der Waals surface area contributed by atoms with E-state index in [1.165, 1.54) is 12.2 Å². The fraction of sp³-hybridized carbons (Fsp3) is 0.167. The SMILES string of the molecule is O=C1C=CC(=O)N1c1cccc(OCCO)c1. The van der Waals surface area contributed by atoms with Gasteiger partial charge in [-0.2, -0.15) is 0 Å². The maximum atomic E-state index is 11.4. The second-order valence-corrected chi connectivity index (χ2v) is 3.41. The van der Waals surface area contributed by atoms with Crippen LogP contribution in [-0.4, -0.2) is 30.1 Å². The molecule has 0 saturated heterocycles. The highest BCUT2D eigenvalue weighted by atomic mass is 16.5. The smallest absolute Gasteiger partial charge is 0.258 e. The van der Waals surface area contributed by atoms with Crippen molar-refractivity contribution in [2.24, 2.45) is 0 Å². The quantitative estimate of drug-likeness (QED) is 0.768. The maximum absolute atomic E-state index is 11.4. The van der Waals surface area contributed by atoms with Crippen molar-refractivity contribution in [2.75, 3.05) is 18.1 Å².